The molecule has 1 unspecified atom stereocenters. The highest BCUT2D eigenvalue weighted by Gasteiger charge is 2.18. The molecule has 1 aliphatic rings. The molecule has 1 rings (SSSR count). The summed E-state index contributed by atoms with van der Waals surface area (Å²) in [4.78, 5) is 10.5. The summed E-state index contributed by atoms with van der Waals surface area (Å²) in [5.41, 5.74) is 5.54. The van der Waals surface area contributed by atoms with Gasteiger partial charge in [-0.2, -0.15) is 0 Å². The molecule has 0 saturated heterocycles. The molecule has 0 aromatic rings. The first-order valence-corrected chi connectivity index (χ1v) is 5.64. The van der Waals surface area contributed by atoms with Gasteiger partial charge in [-0.3, -0.25) is 4.79 Å². The average molecular weight is 199 g/mol. The number of carbonyl (C=O) groups is 1. The number of carboxylic acid groups (broad SMARTS) is 1. The van der Waals surface area contributed by atoms with Crippen LogP contribution < -0.4 is 5.73 Å². The molecule has 1 aliphatic carbocycles. The Morgan fingerprint density at radius 1 is 1.43 bits per heavy atom. The molecule has 3 nitrogen and oxygen atoms in total. The van der Waals surface area contributed by atoms with E-state index in [0.717, 1.165) is 12.3 Å². The lowest BCUT2D eigenvalue weighted by atomic mass is 9.93. The van der Waals surface area contributed by atoms with Gasteiger partial charge in [-0.15, -0.1) is 0 Å². The van der Waals surface area contributed by atoms with E-state index in [1.165, 1.54) is 32.1 Å². The molecule has 14 heavy (non-hydrogen) atoms. The minimum Gasteiger partial charge on any atom is -0.481 e. The smallest absolute Gasteiger partial charge is 0.303 e. The van der Waals surface area contributed by atoms with Crippen molar-refractivity contribution in [2.75, 3.05) is 6.54 Å². The molecule has 3 N–H and O–H groups in total. The summed E-state index contributed by atoms with van der Waals surface area (Å²) in [6.45, 7) is 0.513. The second kappa shape index (κ2) is 6.02. The second-order valence-electron chi connectivity index (χ2n) is 4.43. The van der Waals surface area contributed by atoms with Gasteiger partial charge in [0.15, 0.2) is 0 Å². The van der Waals surface area contributed by atoms with Crippen molar-refractivity contribution < 1.29 is 9.90 Å². The molecule has 0 aromatic heterocycles. The largest absolute Gasteiger partial charge is 0.481 e. The second-order valence-corrected chi connectivity index (χ2v) is 4.43. The zero-order chi connectivity index (χ0) is 10.4. The lowest BCUT2D eigenvalue weighted by molar-refractivity contribution is -0.138. The Kier molecular flexibility index (Phi) is 4.94. The van der Waals surface area contributed by atoms with Crippen molar-refractivity contribution in [1.82, 2.24) is 0 Å². The van der Waals surface area contributed by atoms with Gasteiger partial charge in [-0.1, -0.05) is 32.1 Å². The highest BCUT2D eigenvalue weighted by Crippen LogP contribution is 2.30. The minimum atomic E-state index is -0.716. The van der Waals surface area contributed by atoms with Crippen molar-refractivity contribution in [3.05, 3.63) is 0 Å². The van der Waals surface area contributed by atoms with E-state index in [9.17, 15) is 4.79 Å². The van der Waals surface area contributed by atoms with Crippen LogP contribution in [0.3, 0.4) is 0 Å². The zero-order valence-corrected chi connectivity index (χ0v) is 8.74. The van der Waals surface area contributed by atoms with Crippen molar-refractivity contribution in [1.29, 1.82) is 0 Å². The molecule has 0 aromatic carbocycles. The SMILES string of the molecule is NCC(CCC1CCCC1)CC(=O)O. The van der Waals surface area contributed by atoms with E-state index in [2.05, 4.69) is 0 Å². The first-order valence-electron chi connectivity index (χ1n) is 5.64. The van der Waals surface area contributed by atoms with E-state index in [1.54, 1.807) is 0 Å². The van der Waals surface area contributed by atoms with E-state index >= 15 is 0 Å². The van der Waals surface area contributed by atoms with Crippen LogP contribution in [0.1, 0.15) is 44.9 Å². The van der Waals surface area contributed by atoms with Crippen LogP contribution in [0, 0.1) is 11.8 Å². The number of hydrogen-bond donors (Lipinski definition) is 2. The lowest BCUT2D eigenvalue weighted by Crippen LogP contribution is -2.18. The van der Waals surface area contributed by atoms with Gasteiger partial charge in [0.25, 0.3) is 0 Å². The van der Waals surface area contributed by atoms with Gasteiger partial charge >= 0.3 is 5.97 Å². The van der Waals surface area contributed by atoms with Crippen molar-refractivity contribution in [2.24, 2.45) is 17.6 Å². The highest BCUT2D eigenvalue weighted by atomic mass is 16.4. The van der Waals surface area contributed by atoms with E-state index in [4.69, 9.17) is 10.8 Å². The summed E-state index contributed by atoms with van der Waals surface area (Å²) in [5, 5.41) is 8.65. The normalized spacial score (nSPS) is 19.8. The van der Waals surface area contributed by atoms with E-state index in [1.807, 2.05) is 0 Å². The summed E-state index contributed by atoms with van der Waals surface area (Å²) in [6.07, 6.45) is 7.80. The van der Waals surface area contributed by atoms with Crippen molar-refractivity contribution in [2.45, 2.75) is 44.9 Å². The van der Waals surface area contributed by atoms with Crippen LogP contribution in [0.25, 0.3) is 0 Å². The number of carboxylic acids is 1. The van der Waals surface area contributed by atoms with Gasteiger partial charge in [0.05, 0.1) is 0 Å². The molecule has 3 heteroatoms. The van der Waals surface area contributed by atoms with Gasteiger partial charge in [-0.25, -0.2) is 0 Å². The molecule has 0 amide bonds. The predicted octanol–water partition coefficient (Wildman–Crippen LogP) is 2.01. The van der Waals surface area contributed by atoms with Gasteiger partial charge in [0, 0.05) is 6.42 Å². The maximum Gasteiger partial charge on any atom is 0.303 e. The van der Waals surface area contributed by atoms with Gasteiger partial charge < -0.3 is 10.8 Å². The Bertz CT molecular complexity index is 176. The topological polar surface area (TPSA) is 63.3 Å². The Hall–Kier alpha value is -0.570. The van der Waals surface area contributed by atoms with Crippen LogP contribution in [0.4, 0.5) is 0 Å². The number of hydrogen-bond acceptors (Lipinski definition) is 2. The minimum absolute atomic E-state index is 0.188. The standard InChI is InChI=1S/C11H21NO2/c12-8-10(7-11(13)14)6-5-9-3-1-2-4-9/h9-10H,1-8,12H2,(H,13,14). The zero-order valence-electron chi connectivity index (χ0n) is 8.74. The number of rotatable bonds is 6. The average Bonchev–Trinajstić information content (AvgIpc) is 2.64. The fourth-order valence-electron chi connectivity index (χ4n) is 2.32. The summed E-state index contributed by atoms with van der Waals surface area (Å²) < 4.78 is 0. The summed E-state index contributed by atoms with van der Waals surface area (Å²) in [6, 6.07) is 0. The third-order valence-electron chi connectivity index (χ3n) is 3.25. The Labute approximate surface area is 85.7 Å². The van der Waals surface area contributed by atoms with Crippen LogP contribution >= 0.6 is 0 Å². The summed E-state index contributed by atoms with van der Waals surface area (Å²) >= 11 is 0. The van der Waals surface area contributed by atoms with Crippen molar-refractivity contribution in [3.8, 4) is 0 Å². The molecule has 82 valence electrons. The van der Waals surface area contributed by atoms with Gasteiger partial charge in [0.1, 0.15) is 0 Å². The molecular formula is C11H21NO2. The third-order valence-corrected chi connectivity index (χ3v) is 3.25. The van der Waals surface area contributed by atoms with Crippen molar-refractivity contribution >= 4 is 5.97 Å². The van der Waals surface area contributed by atoms with Crippen molar-refractivity contribution in [3.63, 3.8) is 0 Å². The summed E-state index contributed by atoms with van der Waals surface area (Å²) in [7, 11) is 0. The van der Waals surface area contributed by atoms with Crippen LogP contribution in [-0.4, -0.2) is 17.6 Å². The fraction of sp³-hybridized carbons (Fsp3) is 0.909. The first kappa shape index (κ1) is 11.5. The molecule has 1 atom stereocenters. The van der Waals surface area contributed by atoms with Gasteiger partial charge in [-0.05, 0) is 24.8 Å². The monoisotopic (exact) mass is 199 g/mol. The molecule has 0 bridgehead atoms. The Morgan fingerprint density at radius 3 is 2.57 bits per heavy atom. The van der Waals surface area contributed by atoms with Crippen LogP contribution in [-0.2, 0) is 4.79 Å². The predicted molar refractivity (Wildman–Crippen MR) is 56.0 cm³/mol. The van der Waals surface area contributed by atoms with E-state index in [-0.39, 0.29) is 12.3 Å². The first-order chi connectivity index (χ1) is 6.72. The number of aliphatic carboxylic acids is 1. The lowest BCUT2D eigenvalue weighted by Gasteiger charge is -2.14. The quantitative estimate of drug-likeness (QED) is 0.687. The Balaban J connectivity index is 2.15. The molecule has 1 fully saturated rings. The summed E-state index contributed by atoms with van der Waals surface area (Å²) in [5.74, 6) is 0.317. The molecule has 0 spiro atoms. The number of nitrogens with two attached hydrogens (primary N) is 1. The maximum atomic E-state index is 10.5. The molecular weight excluding hydrogens is 178 g/mol. The van der Waals surface area contributed by atoms with Crippen LogP contribution in [0.2, 0.25) is 0 Å². The highest BCUT2D eigenvalue weighted by molar-refractivity contribution is 5.67. The fourth-order valence-corrected chi connectivity index (χ4v) is 2.32. The molecule has 0 radical (unpaired) electrons. The third kappa shape index (κ3) is 4.09. The molecule has 0 heterocycles. The van der Waals surface area contributed by atoms with Gasteiger partial charge in [0.2, 0.25) is 0 Å². The van der Waals surface area contributed by atoms with E-state index < -0.39 is 5.97 Å². The maximum absolute atomic E-state index is 10.5. The Morgan fingerprint density at radius 2 is 2.07 bits per heavy atom. The van der Waals surface area contributed by atoms with Crippen LogP contribution in [0.15, 0.2) is 0 Å². The van der Waals surface area contributed by atoms with Crippen LogP contribution in [0.5, 0.6) is 0 Å². The molecule has 1 saturated carbocycles. The molecule has 0 aliphatic heterocycles. The van der Waals surface area contributed by atoms with E-state index in [0.29, 0.717) is 6.54 Å².